The SMILES string of the molecule is Cn1ccnc1[C@H](O)[C@@H](O)C(=O)NCc1ccc(-n2cccn2)cc1. The Hall–Kier alpha value is -2.97. The number of aromatic nitrogens is 4. The van der Waals surface area contributed by atoms with Gasteiger partial charge in [-0.15, -0.1) is 0 Å². The van der Waals surface area contributed by atoms with Gasteiger partial charge in [-0.2, -0.15) is 5.10 Å². The number of carbonyl (C=O) groups excluding carboxylic acids is 1. The van der Waals surface area contributed by atoms with Gasteiger partial charge >= 0.3 is 0 Å². The van der Waals surface area contributed by atoms with E-state index >= 15 is 0 Å². The molecule has 130 valence electrons. The second-order valence-corrected chi connectivity index (χ2v) is 5.62. The Bertz CT molecular complexity index is 826. The van der Waals surface area contributed by atoms with Crippen LogP contribution in [0.4, 0.5) is 0 Å². The van der Waals surface area contributed by atoms with Crippen molar-refractivity contribution in [3.05, 3.63) is 66.5 Å². The Morgan fingerprint density at radius 1 is 1.20 bits per heavy atom. The Morgan fingerprint density at radius 2 is 1.96 bits per heavy atom. The molecule has 0 saturated carbocycles. The summed E-state index contributed by atoms with van der Waals surface area (Å²) in [5.41, 5.74) is 1.77. The van der Waals surface area contributed by atoms with Gasteiger partial charge in [-0.1, -0.05) is 12.1 Å². The number of aliphatic hydroxyl groups excluding tert-OH is 2. The molecule has 0 bridgehead atoms. The van der Waals surface area contributed by atoms with E-state index in [0.717, 1.165) is 11.3 Å². The molecule has 3 rings (SSSR count). The van der Waals surface area contributed by atoms with E-state index in [0.29, 0.717) is 0 Å². The molecule has 0 fully saturated rings. The third-order valence-electron chi connectivity index (χ3n) is 3.86. The summed E-state index contributed by atoms with van der Waals surface area (Å²) < 4.78 is 3.28. The van der Waals surface area contributed by atoms with Crippen molar-refractivity contribution < 1.29 is 15.0 Å². The molecular formula is C17H19N5O3. The van der Waals surface area contributed by atoms with E-state index in [2.05, 4.69) is 15.4 Å². The van der Waals surface area contributed by atoms with Crippen molar-refractivity contribution in [3.63, 3.8) is 0 Å². The lowest BCUT2D eigenvalue weighted by Gasteiger charge is -2.17. The van der Waals surface area contributed by atoms with Crippen LogP contribution in [-0.2, 0) is 18.4 Å². The lowest BCUT2D eigenvalue weighted by Crippen LogP contribution is -2.38. The van der Waals surface area contributed by atoms with Crippen molar-refractivity contribution in [1.82, 2.24) is 24.6 Å². The molecular weight excluding hydrogens is 322 g/mol. The Balaban J connectivity index is 1.57. The van der Waals surface area contributed by atoms with Crippen molar-refractivity contribution in [2.45, 2.75) is 18.8 Å². The van der Waals surface area contributed by atoms with Gasteiger partial charge in [-0.05, 0) is 23.8 Å². The van der Waals surface area contributed by atoms with Crippen LogP contribution in [0.1, 0.15) is 17.5 Å². The number of rotatable bonds is 6. The third kappa shape index (κ3) is 3.76. The fourth-order valence-corrected chi connectivity index (χ4v) is 2.43. The summed E-state index contributed by atoms with van der Waals surface area (Å²) in [6.45, 7) is 0.239. The minimum absolute atomic E-state index is 0.228. The van der Waals surface area contributed by atoms with Crippen molar-refractivity contribution >= 4 is 5.91 Å². The number of amides is 1. The molecule has 0 radical (unpaired) electrons. The van der Waals surface area contributed by atoms with E-state index in [4.69, 9.17) is 0 Å². The summed E-state index contributed by atoms with van der Waals surface area (Å²) in [4.78, 5) is 16.0. The first-order valence-electron chi connectivity index (χ1n) is 7.76. The maximum atomic E-state index is 12.0. The van der Waals surface area contributed by atoms with Gasteiger partial charge < -0.3 is 20.1 Å². The minimum Gasteiger partial charge on any atom is -0.382 e. The van der Waals surface area contributed by atoms with Crippen LogP contribution in [-0.4, -0.2) is 41.6 Å². The van der Waals surface area contributed by atoms with Crippen LogP contribution in [0.15, 0.2) is 55.1 Å². The summed E-state index contributed by atoms with van der Waals surface area (Å²) in [6.07, 6.45) is 3.68. The van der Waals surface area contributed by atoms with E-state index in [-0.39, 0.29) is 12.4 Å². The van der Waals surface area contributed by atoms with Crippen molar-refractivity contribution in [3.8, 4) is 5.69 Å². The van der Waals surface area contributed by atoms with Crippen LogP contribution in [0.5, 0.6) is 0 Å². The van der Waals surface area contributed by atoms with Gasteiger partial charge in [0.15, 0.2) is 6.10 Å². The smallest absolute Gasteiger partial charge is 0.252 e. The highest BCUT2D eigenvalue weighted by Gasteiger charge is 2.28. The third-order valence-corrected chi connectivity index (χ3v) is 3.86. The molecule has 0 spiro atoms. The average Bonchev–Trinajstić information content (AvgIpc) is 3.30. The predicted molar refractivity (Wildman–Crippen MR) is 89.6 cm³/mol. The van der Waals surface area contributed by atoms with Gasteiger partial charge in [0.2, 0.25) is 0 Å². The Labute approximate surface area is 144 Å². The van der Waals surface area contributed by atoms with Gasteiger partial charge in [0, 0.05) is 38.4 Å². The average molecular weight is 341 g/mol. The summed E-state index contributed by atoms with van der Waals surface area (Å²) in [7, 11) is 1.68. The van der Waals surface area contributed by atoms with Gasteiger partial charge in [0.25, 0.3) is 5.91 Å². The highest BCUT2D eigenvalue weighted by molar-refractivity contribution is 5.81. The second-order valence-electron chi connectivity index (χ2n) is 5.62. The van der Waals surface area contributed by atoms with E-state index in [9.17, 15) is 15.0 Å². The number of hydrogen-bond donors (Lipinski definition) is 3. The quantitative estimate of drug-likeness (QED) is 0.599. The van der Waals surface area contributed by atoms with Crippen molar-refractivity contribution in [1.29, 1.82) is 0 Å². The second kappa shape index (κ2) is 7.29. The Morgan fingerprint density at radius 3 is 2.56 bits per heavy atom. The fraction of sp³-hybridized carbons (Fsp3) is 0.235. The molecule has 8 nitrogen and oxygen atoms in total. The molecule has 8 heteroatoms. The maximum absolute atomic E-state index is 12.0. The Kier molecular flexibility index (Phi) is 4.92. The first-order chi connectivity index (χ1) is 12.1. The summed E-state index contributed by atoms with van der Waals surface area (Å²) in [6, 6.07) is 9.32. The molecule has 1 aromatic carbocycles. The van der Waals surface area contributed by atoms with Crippen LogP contribution >= 0.6 is 0 Å². The lowest BCUT2D eigenvalue weighted by molar-refractivity contribution is -0.136. The molecule has 0 unspecified atom stereocenters. The molecule has 25 heavy (non-hydrogen) atoms. The number of aryl methyl sites for hydroxylation is 1. The minimum atomic E-state index is -1.59. The lowest BCUT2D eigenvalue weighted by atomic mass is 10.1. The normalized spacial score (nSPS) is 13.4. The zero-order valence-electron chi connectivity index (χ0n) is 13.6. The van der Waals surface area contributed by atoms with E-state index < -0.39 is 18.1 Å². The summed E-state index contributed by atoms with van der Waals surface area (Å²) in [5, 5.41) is 26.8. The predicted octanol–water partition coefficient (Wildman–Crippen LogP) is 0.316. The highest BCUT2D eigenvalue weighted by atomic mass is 16.3. The molecule has 3 aromatic rings. The molecule has 0 saturated heterocycles. The molecule has 2 aromatic heterocycles. The van der Waals surface area contributed by atoms with Crippen LogP contribution in [0.2, 0.25) is 0 Å². The van der Waals surface area contributed by atoms with Crippen LogP contribution in [0.3, 0.4) is 0 Å². The highest BCUT2D eigenvalue weighted by Crippen LogP contribution is 2.14. The number of nitrogens with zero attached hydrogens (tertiary/aromatic N) is 4. The fourth-order valence-electron chi connectivity index (χ4n) is 2.43. The largest absolute Gasteiger partial charge is 0.382 e. The molecule has 0 aliphatic carbocycles. The number of imidazole rings is 1. The number of benzene rings is 1. The van der Waals surface area contributed by atoms with E-state index in [1.165, 1.54) is 6.20 Å². The topological polar surface area (TPSA) is 105 Å². The van der Waals surface area contributed by atoms with Crippen LogP contribution in [0.25, 0.3) is 5.69 Å². The molecule has 1 amide bonds. The number of aliphatic hydroxyl groups is 2. The molecule has 2 heterocycles. The van der Waals surface area contributed by atoms with Gasteiger partial charge in [-0.25, -0.2) is 9.67 Å². The van der Waals surface area contributed by atoms with Gasteiger partial charge in [0.05, 0.1) is 5.69 Å². The zero-order valence-corrected chi connectivity index (χ0v) is 13.6. The summed E-state index contributed by atoms with van der Waals surface area (Å²) >= 11 is 0. The van der Waals surface area contributed by atoms with Crippen LogP contribution in [0, 0.1) is 0 Å². The maximum Gasteiger partial charge on any atom is 0.252 e. The van der Waals surface area contributed by atoms with Gasteiger partial charge in [0.1, 0.15) is 11.9 Å². The van der Waals surface area contributed by atoms with E-state index in [1.807, 2.05) is 36.5 Å². The summed E-state index contributed by atoms with van der Waals surface area (Å²) in [5.74, 6) is -0.433. The number of nitrogens with one attached hydrogen (secondary N) is 1. The number of carbonyl (C=O) groups is 1. The van der Waals surface area contributed by atoms with E-state index in [1.54, 1.807) is 28.7 Å². The molecule has 0 aliphatic rings. The van der Waals surface area contributed by atoms with Crippen molar-refractivity contribution in [2.24, 2.45) is 7.05 Å². The van der Waals surface area contributed by atoms with Crippen molar-refractivity contribution in [2.75, 3.05) is 0 Å². The number of hydrogen-bond acceptors (Lipinski definition) is 5. The van der Waals surface area contributed by atoms with Crippen LogP contribution < -0.4 is 5.32 Å². The van der Waals surface area contributed by atoms with Gasteiger partial charge in [-0.3, -0.25) is 4.79 Å². The first kappa shape index (κ1) is 16.9. The zero-order chi connectivity index (χ0) is 17.8. The molecule has 2 atom stereocenters. The first-order valence-corrected chi connectivity index (χ1v) is 7.76. The monoisotopic (exact) mass is 341 g/mol. The standard InChI is InChI=1S/C17H19N5O3/c1-21-10-8-18-16(21)14(23)15(24)17(25)19-11-12-3-5-13(6-4-12)22-9-2-7-20-22/h2-10,14-15,23-24H,11H2,1H3,(H,19,25)/t14-,15-/m1/s1. The molecule has 3 N–H and O–H groups in total. The molecule has 0 aliphatic heterocycles.